The van der Waals surface area contributed by atoms with Gasteiger partial charge >= 0.3 is 17.9 Å². The highest BCUT2D eigenvalue weighted by atomic mass is 35.5. The van der Waals surface area contributed by atoms with Crippen LogP contribution in [0.5, 0.6) is 5.75 Å². The largest absolute Gasteiger partial charge is 0.482 e. The number of esters is 1. The van der Waals surface area contributed by atoms with Gasteiger partial charge in [0.2, 0.25) is 0 Å². The number of rotatable bonds is 13. The van der Waals surface area contributed by atoms with E-state index < -0.39 is 24.1 Å². The SMILES string of the molecule is CC(CN(C)C)CN1c2ccccc2Sc2ccccc21.CN(C)CCOC(=O)COc1ccc(Cl)cc1.Cl.O=C(O)C(O)C(O)C(=O)O. The average molecular weight is 743 g/mol. The van der Waals surface area contributed by atoms with Gasteiger partial charge in [-0.2, -0.15) is 0 Å². The molecule has 0 radical (unpaired) electrons. The molecule has 4 rings (SSSR count). The molecule has 0 fully saturated rings. The van der Waals surface area contributed by atoms with Crippen LogP contribution in [0.1, 0.15) is 6.92 Å². The van der Waals surface area contributed by atoms with Gasteiger partial charge in [-0.15, -0.1) is 12.4 Å². The van der Waals surface area contributed by atoms with Gasteiger partial charge in [-0.1, -0.05) is 54.6 Å². The molecule has 0 aromatic heterocycles. The lowest BCUT2D eigenvalue weighted by Crippen LogP contribution is -2.39. The highest BCUT2D eigenvalue weighted by Gasteiger charge is 2.29. The first-order chi connectivity index (χ1) is 22.7. The summed E-state index contributed by atoms with van der Waals surface area (Å²) in [4.78, 5) is 40.2. The Morgan fingerprint density at radius 1 is 0.816 bits per heavy atom. The summed E-state index contributed by atoms with van der Waals surface area (Å²) < 4.78 is 10.2. The van der Waals surface area contributed by atoms with Crippen LogP contribution in [0, 0.1) is 5.92 Å². The van der Waals surface area contributed by atoms with E-state index in [1.165, 1.54) is 21.2 Å². The van der Waals surface area contributed by atoms with E-state index in [0.29, 0.717) is 29.8 Å². The lowest BCUT2D eigenvalue weighted by Gasteiger charge is -2.35. The molecule has 1 heterocycles. The number of aliphatic hydroxyl groups is 2. The first kappa shape index (κ1) is 43.5. The number of likely N-dealkylation sites (N-methyl/N-ethyl adjacent to an activating group) is 1. The van der Waals surface area contributed by atoms with E-state index in [9.17, 15) is 14.4 Å². The van der Waals surface area contributed by atoms with Gasteiger partial charge in [0.05, 0.1) is 11.4 Å². The van der Waals surface area contributed by atoms with E-state index in [1.807, 2.05) is 30.8 Å². The summed E-state index contributed by atoms with van der Waals surface area (Å²) in [6, 6.07) is 24.3. The summed E-state index contributed by atoms with van der Waals surface area (Å²) in [5.74, 6) is -2.70. The van der Waals surface area contributed by atoms with Crippen LogP contribution in [-0.2, 0) is 19.1 Å². The van der Waals surface area contributed by atoms with Crippen molar-refractivity contribution in [2.24, 2.45) is 5.92 Å². The number of carbonyl (C=O) groups excluding carboxylic acids is 1. The Balaban J connectivity index is 0.000000388. The molecule has 15 heteroatoms. The zero-order valence-corrected chi connectivity index (χ0v) is 30.5. The zero-order chi connectivity index (χ0) is 35.8. The first-order valence-corrected chi connectivity index (χ1v) is 16.2. The molecule has 0 saturated carbocycles. The molecular weight excluding hydrogens is 697 g/mol. The Kier molecular flexibility index (Phi) is 19.7. The number of fused-ring (bicyclic) bond motifs is 2. The highest BCUT2D eigenvalue weighted by Crippen LogP contribution is 2.48. The fourth-order valence-electron chi connectivity index (χ4n) is 4.30. The minimum Gasteiger partial charge on any atom is -0.482 e. The van der Waals surface area contributed by atoms with Crippen LogP contribution < -0.4 is 9.64 Å². The number of para-hydroxylation sites is 2. The van der Waals surface area contributed by atoms with Crippen LogP contribution in [0.25, 0.3) is 0 Å². The molecule has 3 aromatic rings. The molecule has 4 N–H and O–H groups in total. The van der Waals surface area contributed by atoms with Crippen molar-refractivity contribution in [1.29, 1.82) is 0 Å². The van der Waals surface area contributed by atoms with Crippen molar-refractivity contribution in [3.8, 4) is 5.75 Å². The minimum absolute atomic E-state index is 0. The molecule has 0 spiro atoms. The molecule has 0 amide bonds. The molecular formula is C34H45Cl2N3O9S. The molecule has 1 aliphatic rings. The van der Waals surface area contributed by atoms with Crippen LogP contribution >= 0.6 is 35.8 Å². The fourth-order valence-corrected chi connectivity index (χ4v) is 5.52. The highest BCUT2D eigenvalue weighted by molar-refractivity contribution is 7.99. The van der Waals surface area contributed by atoms with Crippen molar-refractivity contribution in [2.75, 3.05) is 65.9 Å². The zero-order valence-electron chi connectivity index (χ0n) is 28.1. The number of hydrogen-bond donors (Lipinski definition) is 4. The van der Waals surface area contributed by atoms with E-state index in [0.717, 1.165) is 13.1 Å². The second-order valence-electron chi connectivity index (χ2n) is 11.3. The molecule has 0 saturated heterocycles. The van der Waals surface area contributed by atoms with Gasteiger partial charge in [0.1, 0.15) is 12.4 Å². The quantitative estimate of drug-likeness (QED) is 0.180. The molecule has 0 aliphatic carbocycles. The topological polar surface area (TPSA) is 160 Å². The number of aliphatic carboxylic acids is 2. The predicted molar refractivity (Wildman–Crippen MR) is 193 cm³/mol. The molecule has 270 valence electrons. The first-order valence-electron chi connectivity index (χ1n) is 15.0. The van der Waals surface area contributed by atoms with E-state index in [2.05, 4.69) is 79.3 Å². The van der Waals surface area contributed by atoms with E-state index in [-0.39, 0.29) is 25.0 Å². The summed E-state index contributed by atoms with van der Waals surface area (Å²) in [6.45, 7) is 5.46. The number of carboxylic acid groups (broad SMARTS) is 2. The number of benzene rings is 3. The number of ether oxygens (including phenoxy) is 2. The van der Waals surface area contributed by atoms with Gasteiger partial charge in [0, 0.05) is 34.4 Å². The van der Waals surface area contributed by atoms with Crippen molar-refractivity contribution >= 4 is 65.1 Å². The Hall–Kier alpha value is -3.56. The Labute approximate surface area is 302 Å². The third-order valence-electron chi connectivity index (χ3n) is 6.48. The number of anilines is 2. The lowest BCUT2D eigenvalue weighted by molar-refractivity contribution is -0.165. The molecule has 1 aliphatic heterocycles. The van der Waals surface area contributed by atoms with Crippen LogP contribution in [0.4, 0.5) is 11.4 Å². The van der Waals surface area contributed by atoms with E-state index in [4.69, 9.17) is 41.5 Å². The summed E-state index contributed by atoms with van der Waals surface area (Å²) in [5, 5.41) is 33.2. The smallest absolute Gasteiger partial charge is 0.344 e. The molecule has 49 heavy (non-hydrogen) atoms. The van der Waals surface area contributed by atoms with Gasteiger partial charge in [-0.05, 0) is 82.6 Å². The predicted octanol–water partition coefficient (Wildman–Crippen LogP) is 4.61. The maximum absolute atomic E-state index is 11.3. The summed E-state index contributed by atoms with van der Waals surface area (Å²) in [7, 11) is 8.12. The number of carbonyl (C=O) groups is 3. The normalized spacial score (nSPS) is 13.1. The molecule has 12 nitrogen and oxygen atoms in total. The van der Waals surface area contributed by atoms with Crippen LogP contribution in [0.15, 0.2) is 82.6 Å². The standard InChI is InChI=1S/C18H22N2S.C12H16ClNO3.C4H6O6.ClH/c1-14(12-19(2)3)13-20-15-8-4-6-10-17(15)21-18-11-7-5-9-16(18)20;1-14(2)7-8-16-12(15)9-17-11-5-3-10(13)4-6-11;5-1(3(7)8)2(6)4(9)10;/h4-11,14H,12-13H2,1-3H3;3-6H,7-9H2,1-2H3;1-2,5-6H,(H,7,8)(H,9,10);1H. The Morgan fingerprint density at radius 3 is 1.76 bits per heavy atom. The molecule has 3 unspecified atom stereocenters. The van der Waals surface area contributed by atoms with Crippen molar-refractivity contribution in [1.82, 2.24) is 9.80 Å². The summed E-state index contributed by atoms with van der Waals surface area (Å²) in [6.07, 6.45) is -4.53. The number of nitrogens with zero attached hydrogens (tertiary/aromatic N) is 3. The fraction of sp³-hybridized carbons (Fsp3) is 0.382. The van der Waals surface area contributed by atoms with Gasteiger partial charge in [0.15, 0.2) is 18.8 Å². The third-order valence-corrected chi connectivity index (χ3v) is 7.86. The third kappa shape index (κ3) is 15.7. The lowest BCUT2D eigenvalue weighted by atomic mass is 10.1. The maximum Gasteiger partial charge on any atom is 0.344 e. The van der Waals surface area contributed by atoms with E-state index in [1.54, 1.807) is 24.3 Å². The van der Waals surface area contributed by atoms with Crippen molar-refractivity contribution in [3.63, 3.8) is 0 Å². The summed E-state index contributed by atoms with van der Waals surface area (Å²) >= 11 is 7.60. The second-order valence-corrected chi connectivity index (χ2v) is 12.9. The van der Waals surface area contributed by atoms with Gasteiger partial charge in [0.25, 0.3) is 0 Å². The van der Waals surface area contributed by atoms with Crippen molar-refractivity contribution in [2.45, 2.75) is 28.9 Å². The monoisotopic (exact) mass is 741 g/mol. The molecule has 0 bridgehead atoms. The van der Waals surface area contributed by atoms with Gasteiger partial charge in [-0.3, -0.25) is 0 Å². The maximum atomic E-state index is 11.3. The van der Waals surface area contributed by atoms with Crippen molar-refractivity contribution < 1.29 is 44.3 Å². The van der Waals surface area contributed by atoms with Gasteiger partial charge in [-0.25, -0.2) is 14.4 Å². The van der Waals surface area contributed by atoms with Gasteiger partial charge < -0.3 is 44.6 Å². The Bertz CT molecular complexity index is 1400. The molecule has 3 atom stereocenters. The molecule has 3 aromatic carbocycles. The van der Waals surface area contributed by atoms with Crippen LogP contribution in [0.2, 0.25) is 5.02 Å². The number of hydrogen-bond acceptors (Lipinski definition) is 11. The van der Waals surface area contributed by atoms with Crippen LogP contribution in [-0.4, -0.2) is 121 Å². The summed E-state index contributed by atoms with van der Waals surface area (Å²) in [5.41, 5.74) is 2.68. The van der Waals surface area contributed by atoms with Crippen LogP contribution in [0.3, 0.4) is 0 Å². The number of carboxylic acids is 2. The number of aliphatic hydroxyl groups excluding tert-OH is 2. The Morgan fingerprint density at radius 2 is 1.31 bits per heavy atom. The second kappa shape index (κ2) is 22.2. The average Bonchev–Trinajstić information content (AvgIpc) is 3.03. The number of halogens is 2. The van der Waals surface area contributed by atoms with E-state index >= 15 is 0 Å². The minimum atomic E-state index is -2.27. The van der Waals surface area contributed by atoms with Crippen molar-refractivity contribution in [3.05, 3.63) is 77.8 Å².